The van der Waals surface area contributed by atoms with Gasteiger partial charge in [-0.25, -0.2) is 21.9 Å². The first-order chi connectivity index (χ1) is 16.7. The van der Waals surface area contributed by atoms with Crippen molar-refractivity contribution in [3.05, 3.63) is 41.7 Å². The highest BCUT2D eigenvalue weighted by Gasteiger charge is 2.23. The highest BCUT2D eigenvalue weighted by Crippen LogP contribution is 2.31. The molecule has 1 aliphatic heterocycles. The van der Waals surface area contributed by atoms with E-state index in [4.69, 9.17) is 4.74 Å². The molecule has 0 spiro atoms. The highest BCUT2D eigenvalue weighted by atomic mass is 32.2. The average molecular weight is 505 g/mol. The van der Waals surface area contributed by atoms with E-state index in [0.29, 0.717) is 35.9 Å². The second-order valence-corrected chi connectivity index (χ2v) is 10.3. The zero-order valence-corrected chi connectivity index (χ0v) is 19.7. The van der Waals surface area contributed by atoms with Gasteiger partial charge >= 0.3 is 0 Å². The maximum atomic E-state index is 14.7. The zero-order valence-electron chi connectivity index (χ0n) is 18.8. The number of benzene rings is 1. The highest BCUT2D eigenvalue weighted by molar-refractivity contribution is 7.90. The molecule has 4 heterocycles. The quantitative estimate of drug-likeness (QED) is 0.360. The third-order valence-corrected chi connectivity index (χ3v) is 6.72. The number of ether oxygens (including phenoxy) is 1. The van der Waals surface area contributed by atoms with Gasteiger partial charge in [0.25, 0.3) is 0 Å². The Morgan fingerprint density at radius 1 is 1.11 bits per heavy atom. The van der Waals surface area contributed by atoms with Gasteiger partial charge in [0.05, 0.1) is 22.5 Å². The van der Waals surface area contributed by atoms with E-state index in [1.807, 2.05) is 6.92 Å². The maximum Gasteiger partial charge on any atom is 0.231 e. The summed E-state index contributed by atoms with van der Waals surface area (Å²) in [6.45, 7) is 3.02. The normalized spacial score (nSPS) is 15.0. The Kier molecular flexibility index (Phi) is 5.84. The summed E-state index contributed by atoms with van der Waals surface area (Å²) in [5, 5.41) is 17.7. The average Bonchev–Trinajstić information content (AvgIpc) is 3.42. The summed E-state index contributed by atoms with van der Waals surface area (Å²) in [5.74, 6) is -1.47. The van der Waals surface area contributed by atoms with Crippen molar-refractivity contribution in [1.29, 1.82) is 0 Å². The molecule has 1 fully saturated rings. The standard InChI is InChI=1S/C21H22F2N8O3S/c1-11-7-17(30-29-11)25-19-14-10-24-31(12-3-5-34-6-4-12)20(14)28-21(27-19)26-18-15(22)8-13(9-16(18)23)35(2,32)33/h7-10,12H,3-6H2,1-2H3,(H3,25,26,27,28,29,30). The lowest BCUT2D eigenvalue weighted by atomic mass is 10.1. The van der Waals surface area contributed by atoms with E-state index in [2.05, 4.69) is 35.9 Å². The van der Waals surface area contributed by atoms with Crippen LogP contribution in [0.2, 0.25) is 0 Å². The summed E-state index contributed by atoms with van der Waals surface area (Å²) < 4.78 is 60.1. The predicted molar refractivity (Wildman–Crippen MR) is 124 cm³/mol. The van der Waals surface area contributed by atoms with Crippen LogP contribution < -0.4 is 10.6 Å². The van der Waals surface area contributed by atoms with Crippen molar-refractivity contribution in [2.75, 3.05) is 30.1 Å². The number of H-pyrrole nitrogens is 1. The first-order valence-corrected chi connectivity index (χ1v) is 12.7. The van der Waals surface area contributed by atoms with Gasteiger partial charge in [-0.05, 0) is 31.9 Å². The number of sulfone groups is 1. The van der Waals surface area contributed by atoms with E-state index in [-0.39, 0.29) is 12.0 Å². The van der Waals surface area contributed by atoms with Gasteiger partial charge in [0.2, 0.25) is 5.95 Å². The van der Waals surface area contributed by atoms with Gasteiger partial charge in [0.1, 0.15) is 11.5 Å². The van der Waals surface area contributed by atoms with Crippen LogP contribution in [0.5, 0.6) is 0 Å². The third kappa shape index (κ3) is 4.66. The summed E-state index contributed by atoms with van der Waals surface area (Å²) in [6, 6.07) is 3.30. The molecule has 0 atom stereocenters. The van der Waals surface area contributed by atoms with E-state index < -0.39 is 32.1 Å². The van der Waals surface area contributed by atoms with Crippen LogP contribution in [-0.4, -0.2) is 57.8 Å². The molecule has 184 valence electrons. The minimum absolute atomic E-state index is 0.0343. The summed E-state index contributed by atoms with van der Waals surface area (Å²) in [5.41, 5.74) is 0.706. The summed E-state index contributed by atoms with van der Waals surface area (Å²) in [6.07, 6.45) is 3.97. The fourth-order valence-electron chi connectivity index (χ4n) is 3.87. The van der Waals surface area contributed by atoms with Gasteiger partial charge in [0, 0.05) is 31.2 Å². The van der Waals surface area contributed by atoms with Crippen molar-refractivity contribution >= 4 is 44.1 Å². The number of aryl methyl sites for hydroxylation is 1. The smallest absolute Gasteiger partial charge is 0.231 e. The van der Waals surface area contributed by atoms with Crippen molar-refractivity contribution in [3.8, 4) is 0 Å². The monoisotopic (exact) mass is 504 g/mol. The predicted octanol–water partition coefficient (Wildman–Crippen LogP) is 3.38. The van der Waals surface area contributed by atoms with Crippen LogP contribution in [0.25, 0.3) is 11.0 Å². The van der Waals surface area contributed by atoms with Crippen molar-refractivity contribution in [2.24, 2.45) is 0 Å². The Labute approximate surface area is 198 Å². The van der Waals surface area contributed by atoms with E-state index in [1.165, 1.54) is 0 Å². The Hall–Kier alpha value is -3.65. The van der Waals surface area contributed by atoms with E-state index in [9.17, 15) is 17.2 Å². The number of fused-ring (bicyclic) bond motifs is 1. The summed E-state index contributed by atoms with van der Waals surface area (Å²) in [4.78, 5) is 8.41. The summed E-state index contributed by atoms with van der Waals surface area (Å²) in [7, 11) is -3.80. The van der Waals surface area contributed by atoms with Crippen molar-refractivity contribution in [3.63, 3.8) is 0 Å². The molecular formula is C21H22F2N8O3S. The molecule has 35 heavy (non-hydrogen) atoms. The van der Waals surface area contributed by atoms with Gasteiger partial charge in [-0.1, -0.05) is 0 Å². The number of hydrogen-bond acceptors (Lipinski definition) is 9. The number of nitrogens with zero attached hydrogens (tertiary/aromatic N) is 5. The lowest BCUT2D eigenvalue weighted by Crippen LogP contribution is -2.20. The second-order valence-electron chi connectivity index (χ2n) is 8.29. The zero-order chi connectivity index (χ0) is 24.7. The molecule has 0 saturated carbocycles. The fraction of sp³-hybridized carbons (Fsp3) is 0.333. The molecule has 0 bridgehead atoms. The van der Waals surface area contributed by atoms with Gasteiger partial charge in [-0.2, -0.15) is 20.2 Å². The molecule has 0 unspecified atom stereocenters. The van der Waals surface area contributed by atoms with Crippen LogP contribution >= 0.6 is 0 Å². The first-order valence-electron chi connectivity index (χ1n) is 10.8. The Bertz CT molecular complexity index is 1490. The van der Waals surface area contributed by atoms with E-state index in [0.717, 1.165) is 36.9 Å². The largest absolute Gasteiger partial charge is 0.381 e. The number of halogens is 2. The van der Waals surface area contributed by atoms with Crippen molar-refractivity contribution < 1.29 is 21.9 Å². The fourth-order valence-corrected chi connectivity index (χ4v) is 4.51. The molecule has 3 aromatic heterocycles. The molecule has 5 rings (SSSR count). The third-order valence-electron chi connectivity index (χ3n) is 5.62. The number of rotatable bonds is 6. The minimum atomic E-state index is -3.80. The van der Waals surface area contributed by atoms with Crippen LogP contribution in [0.4, 0.5) is 32.1 Å². The number of hydrogen-bond donors (Lipinski definition) is 3. The van der Waals surface area contributed by atoms with Crippen LogP contribution in [0.3, 0.4) is 0 Å². The molecule has 0 radical (unpaired) electrons. The Morgan fingerprint density at radius 2 is 1.83 bits per heavy atom. The van der Waals surface area contributed by atoms with Crippen molar-refractivity contribution in [1.82, 2.24) is 29.9 Å². The Morgan fingerprint density at radius 3 is 2.46 bits per heavy atom. The molecule has 14 heteroatoms. The molecule has 1 aromatic carbocycles. The lowest BCUT2D eigenvalue weighted by molar-refractivity contribution is 0.0673. The van der Waals surface area contributed by atoms with Gasteiger partial charge < -0.3 is 15.4 Å². The molecule has 1 aliphatic rings. The molecule has 11 nitrogen and oxygen atoms in total. The number of nitrogens with one attached hydrogen (secondary N) is 3. The maximum absolute atomic E-state index is 14.7. The number of aromatic amines is 1. The lowest BCUT2D eigenvalue weighted by Gasteiger charge is -2.22. The van der Waals surface area contributed by atoms with E-state index >= 15 is 0 Å². The minimum Gasteiger partial charge on any atom is -0.381 e. The number of aromatic nitrogens is 6. The molecule has 4 aromatic rings. The first kappa shape index (κ1) is 23.1. The summed E-state index contributed by atoms with van der Waals surface area (Å²) >= 11 is 0. The van der Waals surface area contributed by atoms with Gasteiger partial charge in [-0.15, -0.1) is 0 Å². The molecule has 3 N–H and O–H groups in total. The molecular weight excluding hydrogens is 482 g/mol. The second kappa shape index (κ2) is 8.85. The van der Waals surface area contributed by atoms with E-state index in [1.54, 1.807) is 16.9 Å². The van der Waals surface area contributed by atoms with Crippen LogP contribution in [0, 0.1) is 18.6 Å². The van der Waals surface area contributed by atoms with Gasteiger partial charge in [-0.3, -0.25) is 5.10 Å². The molecule has 1 saturated heterocycles. The van der Waals surface area contributed by atoms with Crippen molar-refractivity contribution in [2.45, 2.75) is 30.7 Å². The van der Waals surface area contributed by atoms with Crippen LogP contribution in [0.1, 0.15) is 24.6 Å². The molecule has 0 amide bonds. The topological polar surface area (TPSA) is 140 Å². The molecule has 0 aliphatic carbocycles. The Balaban J connectivity index is 1.59. The van der Waals surface area contributed by atoms with Crippen LogP contribution in [0.15, 0.2) is 29.3 Å². The van der Waals surface area contributed by atoms with Crippen LogP contribution in [-0.2, 0) is 14.6 Å². The number of anilines is 4. The SMILES string of the molecule is Cc1cc(Nc2nc(Nc3c(F)cc(S(C)(=O)=O)cc3F)nc3c2cnn3C2CCOCC2)n[nH]1. The van der Waals surface area contributed by atoms with Gasteiger partial charge in [0.15, 0.2) is 32.9 Å².